The molecule has 0 aliphatic carbocycles. The van der Waals surface area contributed by atoms with E-state index in [-0.39, 0.29) is 0 Å². The second kappa shape index (κ2) is 7.82. The second-order valence-corrected chi connectivity index (χ2v) is 7.83. The lowest BCUT2D eigenvalue weighted by molar-refractivity contribution is 0.530. The standard InChI is InChI=1S/C15H22ClNS2/c1-3-6-17-15(14-10-18-7-8-19-14)12-5-4-11(2)13(16)9-12/h4-5,9,14-15,17H,3,6-8,10H2,1-2H3. The fraction of sp³-hybridized carbons (Fsp3) is 0.600. The maximum absolute atomic E-state index is 6.29. The Hall–Kier alpha value is 0.170. The van der Waals surface area contributed by atoms with Crippen LogP contribution in [0.2, 0.25) is 5.02 Å². The summed E-state index contributed by atoms with van der Waals surface area (Å²) in [5.41, 5.74) is 2.49. The first-order valence-corrected chi connectivity index (χ1v) is 9.49. The van der Waals surface area contributed by atoms with Crippen LogP contribution < -0.4 is 5.32 Å². The molecule has 1 aliphatic heterocycles. The minimum absolute atomic E-state index is 0.427. The number of rotatable bonds is 5. The van der Waals surface area contributed by atoms with Crippen molar-refractivity contribution in [1.29, 1.82) is 0 Å². The third-order valence-corrected chi connectivity index (χ3v) is 6.65. The molecule has 1 fully saturated rings. The Kier molecular flexibility index (Phi) is 6.40. The van der Waals surface area contributed by atoms with Gasteiger partial charge in [-0.25, -0.2) is 0 Å². The summed E-state index contributed by atoms with van der Waals surface area (Å²) >= 11 is 10.5. The predicted octanol–water partition coefficient (Wildman–Crippen LogP) is 4.54. The van der Waals surface area contributed by atoms with Gasteiger partial charge in [-0.3, -0.25) is 0 Å². The number of nitrogens with one attached hydrogen (secondary N) is 1. The second-order valence-electron chi connectivity index (χ2n) is 4.92. The zero-order valence-corrected chi connectivity index (χ0v) is 14.0. The third kappa shape index (κ3) is 4.32. The number of aryl methyl sites for hydroxylation is 1. The van der Waals surface area contributed by atoms with Gasteiger partial charge in [0.05, 0.1) is 0 Å². The van der Waals surface area contributed by atoms with Crippen LogP contribution in [0.3, 0.4) is 0 Å². The predicted molar refractivity (Wildman–Crippen MR) is 90.8 cm³/mol. The molecule has 0 bridgehead atoms. The molecule has 1 nitrogen and oxygen atoms in total. The monoisotopic (exact) mass is 315 g/mol. The highest BCUT2D eigenvalue weighted by atomic mass is 35.5. The summed E-state index contributed by atoms with van der Waals surface area (Å²) in [6.07, 6.45) is 1.17. The number of hydrogen-bond acceptors (Lipinski definition) is 3. The highest BCUT2D eigenvalue weighted by Gasteiger charge is 2.25. The van der Waals surface area contributed by atoms with E-state index < -0.39 is 0 Å². The largest absolute Gasteiger partial charge is 0.309 e. The lowest BCUT2D eigenvalue weighted by atomic mass is 10.0. The van der Waals surface area contributed by atoms with Crippen molar-refractivity contribution < 1.29 is 0 Å². The van der Waals surface area contributed by atoms with Gasteiger partial charge in [-0.2, -0.15) is 23.5 Å². The van der Waals surface area contributed by atoms with Crippen LogP contribution in [0, 0.1) is 6.92 Å². The Morgan fingerprint density at radius 2 is 2.26 bits per heavy atom. The van der Waals surface area contributed by atoms with Crippen LogP contribution >= 0.6 is 35.1 Å². The topological polar surface area (TPSA) is 12.0 Å². The molecule has 19 heavy (non-hydrogen) atoms. The summed E-state index contributed by atoms with van der Waals surface area (Å²) in [5.74, 6) is 3.78. The first-order chi connectivity index (χ1) is 9.22. The molecular formula is C15H22ClNS2. The van der Waals surface area contributed by atoms with Crippen molar-refractivity contribution in [2.75, 3.05) is 23.8 Å². The van der Waals surface area contributed by atoms with Gasteiger partial charge in [-0.15, -0.1) is 0 Å². The maximum atomic E-state index is 6.29. The van der Waals surface area contributed by atoms with Crippen molar-refractivity contribution in [1.82, 2.24) is 5.32 Å². The van der Waals surface area contributed by atoms with Crippen molar-refractivity contribution in [3.63, 3.8) is 0 Å². The van der Waals surface area contributed by atoms with Gasteiger partial charge in [0.15, 0.2) is 0 Å². The SMILES string of the molecule is CCCNC(c1ccc(C)c(Cl)c1)C1CSCCS1. The number of halogens is 1. The number of benzene rings is 1. The summed E-state index contributed by atoms with van der Waals surface area (Å²) in [7, 11) is 0. The fourth-order valence-corrected chi connectivity index (χ4v) is 5.32. The summed E-state index contributed by atoms with van der Waals surface area (Å²) in [6, 6.07) is 6.94. The fourth-order valence-electron chi connectivity index (χ4n) is 2.26. The molecule has 1 aromatic carbocycles. The van der Waals surface area contributed by atoms with E-state index >= 15 is 0 Å². The Bertz CT molecular complexity index is 405. The maximum Gasteiger partial charge on any atom is 0.0449 e. The summed E-state index contributed by atoms with van der Waals surface area (Å²) in [4.78, 5) is 0. The molecule has 2 rings (SSSR count). The molecule has 0 radical (unpaired) electrons. The van der Waals surface area contributed by atoms with Crippen LogP contribution in [0.4, 0.5) is 0 Å². The molecule has 2 unspecified atom stereocenters. The lowest BCUT2D eigenvalue weighted by Crippen LogP contribution is -2.34. The van der Waals surface area contributed by atoms with E-state index in [1.807, 2.05) is 0 Å². The van der Waals surface area contributed by atoms with Crippen molar-refractivity contribution >= 4 is 35.1 Å². The molecular weight excluding hydrogens is 294 g/mol. The zero-order valence-electron chi connectivity index (χ0n) is 11.6. The van der Waals surface area contributed by atoms with Gasteiger partial charge >= 0.3 is 0 Å². The van der Waals surface area contributed by atoms with Gasteiger partial charge < -0.3 is 5.32 Å². The molecule has 4 heteroatoms. The quantitative estimate of drug-likeness (QED) is 0.857. The Labute approximate surface area is 130 Å². The van der Waals surface area contributed by atoms with Crippen LogP contribution in [0.1, 0.15) is 30.5 Å². The van der Waals surface area contributed by atoms with Crippen molar-refractivity contribution in [3.05, 3.63) is 34.3 Å². The van der Waals surface area contributed by atoms with Crippen LogP contribution in [-0.2, 0) is 0 Å². The van der Waals surface area contributed by atoms with E-state index in [1.54, 1.807) is 0 Å². The van der Waals surface area contributed by atoms with Gasteiger partial charge in [0, 0.05) is 33.6 Å². The van der Waals surface area contributed by atoms with Crippen molar-refractivity contribution in [3.8, 4) is 0 Å². The normalized spacial score (nSPS) is 21.3. The smallest absolute Gasteiger partial charge is 0.0449 e. The molecule has 1 aromatic rings. The van der Waals surface area contributed by atoms with Gasteiger partial charge in [-0.05, 0) is 37.1 Å². The van der Waals surface area contributed by atoms with E-state index in [2.05, 4.69) is 60.9 Å². The molecule has 1 N–H and O–H groups in total. The van der Waals surface area contributed by atoms with E-state index in [1.165, 1.54) is 29.2 Å². The van der Waals surface area contributed by atoms with Gasteiger partial charge in [0.2, 0.25) is 0 Å². The summed E-state index contributed by atoms with van der Waals surface area (Å²) in [6.45, 7) is 5.35. The van der Waals surface area contributed by atoms with Crippen LogP contribution in [0.5, 0.6) is 0 Å². The van der Waals surface area contributed by atoms with Gasteiger partial charge in [0.25, 0.3) is 0 Å². The lowest BCUT2D eigenvalue weighted by Gasteiger charge is -2.31. The van der Waals surface area contributed by atoms with E-state index in [4.69, 9.17) is 11.6 Å². The molecule has 1 saturated heterocycles. The van der Waals surface area contributed by atoms with Gasteiger partial charge in [0.1, 0.15) is 0 Å². The molecule has 0 spiro atoms. The Morgan fingerprint density at radius 1 is 1.42 bits per heavy atom. The first kappa shape index (κ1) is 15.6. The first-order valence-electron chi connectivity index (χ1n) is 6.91. The molecule has 1 aliphatic rings. The van der Waals surface area contributed by atoms with Gasteiger partial charge in [-0.1, -0.05) is 30.7 Å². The highest BCUT2D eigenvalue weighted by Crippen LogP contribution is 2.34. The highest BCUT2D eigenvalue weighted by molar-refractivity contribution is 8.06. The van der Waals surface area contributed by atoms with Crippen molar-refractivity contribution in [2.24, 2.45) is 0 Å². The molecule has 2 atom stereocenters. The number of thioether (sulfide) groups is 2. The summed E-state index contributed by atoms with van der Waals surface area (Å²) < 4.78 is 0. The van der Waals surface area contributed by atoms with E-state index in [0.717, 1.165) is 17.1 Å². The molecule has 106 valence electrons. The molecule has 0 saturated carbocycles. The van der Waals surface area contributed by atoms with E-state index in [9.17, 15) is 0 Å². The molecule has 0 amide bonds. The summed E-state index contributed by atoms with van der Waals surface area (Å²) in [5, 5.41) is 5.25. The Morgan fingerprint density at radius 3 is 2.89 bits per heavy atom. The average molecular weight is 316 g/mol. The molecule has 1 heterocycles. The Balaban J connectivity index is 2.17. The average Bonchev–Trinajstić information content (AvgIpc) is 2.44. The van der Waals surface area contributed by atoms with Crippen LogP contribution in [0.15, 0.2) is 18.2 Å². The van der Waals surface area contributed by atoms with Crippen LogP contribution in [0.25, 0.3) is 0 Å². The minimum atomic E-state index is 0.427. The van der Waals surface area contributed by atoms with Crippen LogP contribution in [-0.4, -0.2) is 29.1 Å². The third-order valence-electron chi connectivity index (χ3n) is 3.38. The zero-order chi connectivity index (χ0) is 13.7. The van der Waals surface area contributed by atoms with E-state index in [0.29, 0.717) is 11.3 Å². The minimum Gasteiger partial charge on any atom is -0.309 e. The molecule has 0 aromatic heterocycles. The number of hydrogen-bond donors (Lipinski definition) is 1. The van der Waals surface area contributed by atoms with Crippen molar-refractivity contribution in [2.45, 2.75) is 31.6 Å².